The maximum Gasteiger partial charge on any atom is 0.0651 e. The third kappa shape index (κ3) is 2.92. The fraction of sp³-hybridized carbons (Fsp3) is 0.400. The highest BCUT2D eigenvalue weighted by Gasteiger charge is 2.07. The number of hydrogen-bond donors (Lipinski definition) is 2. The molecule has 2 rings (SSSR count). The highest BCUT2D eigenvalue weighted by molar-refractivity contribution is 5.46. The molecule has 1 heterocycles. The van der Waals surface area contributed by atoms with Crippen LogP contribution in [-0.2, 0) is 0 Å². The van der Waals surface area contributed by atoms with Crippen LogP contribution in [0, 0.1) is 0 Å². The fourth-order valence-corrected chi connectivity index (χ4v) is 1.98. The molecule has 2 unspecified atom stereocenters. The Morgan fingerprint density at radius 3 is 2.44 bits per heavy atom. The van der Waals surface area contributed by atoms with E-state index in [1.807, 2.05) is 6.07 Å². The zero-order valence-corrected chi connectivity index (χ0v) is 11.3. The summed E-state index contributed by atoms with van der Waals surface area (Å²) in [5.41, 5.74) is 3.64. The number of H-pyrrole nitrogens is 1. The van der Waals surface area contributed by atoms with Crippen molar-refractivity contribution < 1.29 is 0 Å². The molecule has 96 valence electrons. The Balaban J connectivity index is 2.02. The van der Waals surface area contributed by atoms with Gasteiger partial charge in [0, 0.05) is 11.9 Å². The SMILES string of the molecule is CCC(C)c1ccc(NC(C)c2ccn[nH]2)cc1. The fourth-order valence-electron chi connectivity index (χ4n) is 1.98. The average molecular weight is 243 g/mol. The Morgan fingerprint density at radius 1 is 1.17 bits per heavy atom. The minimum absolute atomic E-state index is 0.238. The summed E-state index contributed by atoms with van der Waals surface area (Å²) in [4.78, 5) is 0. The molecular formula is C15H21N3. The van der Waals surface area contributed by atoms with Gasteiger partial charge in [0.2, 0.25) is 0 Å². The van der Waals surface area contributed by atoms with Gasteiger partial charge in [0.15, 0.2) is 0 Å². The molecule has 0 aliphatic rings. The molecule has 0 aliphatic carbocycles. The van der Waals surface area contributed by atoms with Gasteiger partial charge in [0.25, 0.3) is 0 Å². The summed E-state index contributed by atoms with van der Waals surface area (Å²) >= 11 is 0. The molecule has 0 saturated heterocycles. The first-order chi connectivity index (χ1) is 8.70. The number of rotatable bonds is 5. The van der Waals surface area contributed by atoms with Crippen LogP contribution in [0.3, 0.4) is 0 Å². The van der Waals surface area contributed by atoms with E-state index in [0.29, 0.717) is 5.92 Å². The van der Waals surface area contributed by atoms with Gasteiger partial charge in [-0.3, -0.25) is 5.10 Å². The second-order valence-electron chi connectivity index (χ2n) is 4.81. The largest absolute Gasteiger partial charge is 0.377 e. The van der Waals surface area contributed by atoms with Crippen LogP contribution >= 0.6 is 0 Å². The number of nitrogens with one attached hydrogen (secondary N) is 2. The lowest BCUT2D eigenvalue weighted by Crippen LogP contribution is -2.07. The molecule has 1 aromatic carbocycles. The Morgan fingerprint density at radius 2 is 1.89 bits per heavy atom. The molecule has 2 aromatic rings. The zero-order valence-electron chi connectivity index (χ0n) is 11.3. The first-order valence-corrected chi connectivity index (χ1v) is 6.56. The molecule has 0 spiro atoms. The molecular weight excluding hydrogens is 222 g/mol. The van der Waals surface area contributed by atoms with Crippen LogP contribution in [0.25, 0.3) is 0 Å². The summed E-state index contributed by atoms with van der Waals surface area (Å²) in [6.07, 6.45) is 2.96. The lowest BCUT2D eigenvalue weighted by molar-refractivity contribution is 0.733. The van der Waals surface area contributed by atoms with Crippen molar-refractivity contribution in [1.82, 2.24) is 10.2 Å². The van der Waals surface area contributed by atoms with E-state index in [4.69, 9.17) is 0 Å². The van der Waals surface area contributed by atoms with Gasteiger partial charge in [-0.15, -0.1) is 0 Å². The summed E-state index contributed by atoms with van der Waals surface area (Å²) < 4.78 is 0. The van der Waals surface area contributed by atoms with E-state index in [1.165, 1.54) is 12.0 Å². The lowest BCUT2D eigenvalue weighted by atomic mass is 9.98. The van der Waals surface area contributed by atoms with E-state index >= 15 is 0 Å². The molecule has 18 heavy (non-hydrogen) atoms. The van der Waals surface area contributed by atoms with Gasteiger partial charge in [0.05, 0.1) is 11.7 Å². The van der Waals surface area contributed by atoms with Gasteiger partial charge in [-0.1, -0.05) is 26.0 Å². The maximum atomic E-state index is 3.97. The Bertz CT molecular complexity index is 459. The molecule has 0 amide bonds. The zero-order chi connectivity index (χ0) is 13.0. The van der Waals surface area contributed by atoms with Gasteiger partial charge >= 0.3 is 0 Å². The molecule has 0 radical (unpaired) electrons. The second-order valence-corrected chi connectivity index (χ2v) is 4.81. The van der Waals surface area contributed by atoms with Crippen LogP contribution in [0.2, 0.25) is 0 Å². The molecule has 0 bridgehead atoms. The number of nitrogens with zero attached hydrogens (tertiary/aromatic N) is 1. The summed E-state index contributed by atoms with van der Waals surface area (Å²) in [5.74, 6) is 0.629. The topological polar surface area (TPSA) is 40.7 Å². The Kier molecular flexibility index (Phi) is 4.03. The van der Waals surface area contributed by atoms with Crippen molar-refractivity contribution in [3.8, 4) is 0 Å². The second kappa shape index (κ2) is 5.71. The van der Waals surface area contributed by atoms with Crippen LogP contribution in [0.5, 0.6) is 0 Å². The predicted molar refractivity (Wildman–Crippen MR) is 75.8 cm³/mol. The van der Waals surface area contributed by atoms with Crippen LogP contribution in [-0.4, -0.2) is 10.2 Å². The van der Waals surface area contributed by atoms with Gasteiger partial charge < -0.3 is 5.32 Å². The number of aromatic amines is 1. The molecule has 1 aromatic heterocycles. The van der Waals surface area contributed by atoms with E-state index < -0.39 is 0 Å². The van der Waals surface area contributed by atoms with Gasteiger partial charge in [-0.05, 0) is 43.0 Å². The molecule has 2 atom stereocenters. The lowest BCUT2D eigenvalue weighted by Gasteiger charge is -2.15. The van der Waals surface area contributed by atoms with E-state index in [9.17, 15) is 0 Å². The van der Waals surface area contributed by atoms with Crippen molar-refractivity contribution in [3.05, 3.63) is 47.8 Å². The van der Waals surface area contributed by atoms with E-state index in [1.54, 1.807) is 6.20 Å². The monoisotopic (exact) mass is 243 g/mol. The van der Waals surface area contributed by atoms with Crippen LogP contribution < -0.4 is 5.32 Å². The summed E-state index contributed by atoms with van der Waals surface area (Å²) in [6.45, 7) is 6.60. The van der Waals surface area contributed by atoms with Crippen molar-refractivity contribution in [1.29, 1.82) is 0 Å². The smallest absolute Gasteiger partial charge is 0.0651 e. The van der Waals surface area contributed by atoms with Crippen molar-refractivity contribution in [2.45, 2.75) is 39.2 Å². The minimum Gasteiger partial charge on any atom is -0.377 e. The Labute approximate surface area is 109 Å². The minimum atomic E-state index is 0.238. The first kappa shape index (κ1) is 12.7. The number of hydrogen-bond acceptors (Lipinski definition) is 2. The Hall–Kier alpha value is -1.77. The van der Waals surface area contributed by atoms with E-state index in [2.05, 4.69) is 60.6 Å². The third-order valence-corrected chi connectivity index (χ3v) is 3.46. The molecule has 2 N–H and O–H groups in total. The third-order valence-electron chi connectivity index (χ3n) is 3.46. The molecule has 0 fully saturated rings. The number of benzene rings is 1. The highest BCUT2D eigenvalue weighted by atomic mass is 15.1. The van der Waals surface area contributed by atoms with Gasteiger partial charge in [-0.2, -0.15) is 5.10 Å². The summed E-state index contributed by atoms with van der Waals surface area (Å²) in [5, 5.41) is 10.4. The predicted octanol–water partition coefficient (Wildman–Crippen LogP) is 4.10. The normalized spacial score (nSPS) is 14.2. The molecule has 3 heteroatoms. The molecule has 3 nitrogen and oxygen atoms in total. The molecule has 0 aliphatic heterocycles. The van der Waals surface area contributed by atoms with Crippen LogP contribution in [0.1, 0.15) is 50.4 Å². The maximum absolute atomic E-state index is 3.97. The number of anilines is 1. The first-order valence-electron chi connectivity index (χ1n) is 6.56. The van der Waals surface area contributed by atoms with Crippen molar-refractivity contribution >= 4 is 5.69 Å². The van der Waals surface area contributed by atoms with Gasteiger partial charge in [-0.25, -0.2) is 0 Å². The van der Waals surface area contributed by atoms with Crippen LogP contribution in [0.15, 0.2) is 36.5 Å². The number of aromatic nitrogens is 2. The standard InChI is InChI=1S/C15H21N3/c1-4-11(2)13-5-7-14(8-6-13)17-12(3)15-9-10-16-18-15/h5-12,17H,4H2,1-3H3,(H,16,18). The average Bonchev–Trinajstić information content (AvgIpc) is 2.92. The van der Waals surface area contributed by atoms with Crippen LogP contribution in [0.4, 0.5) is 5.69 Å². The van der Waals surface area contributed by atoms with Crippen molar-refractivity contribution in [2.24, 2.45) is 0 Å². The van der Waals surface area contributed by atoms with E-state index in [0.717, 1.165) is 11.4 Å². The summed E-state index contributed by atoms with van der Waals surface area (Å²) in [7, 11) is 0. The summed E-state index contributed by atoms with van der Waals surface area (Å²) in [6, 6.07) is 10.9. The van der Waals surface area contributed by atoms with Crippen molar-refractivity contribution in [3.63, 3.8) is 0 Å². The highest BCUT2D eigenvalue weighted by Crippen LogP contribution is 2.22. The molecule has 0 saturated carbocycles. The van der Waals surface area contributed by atoms with Gasteiger partial charge in [0.1, 0.15) is 0 Å². The quantitative estimate of drug-likeness (QED) is 0.830. The van der Waals surface area contributed by atoms with E-state index in [-0.39, 0.29) is 6.04 Å². The van der Waals surface area contributed by atoms with Crippen molar-refractivity contribution in [2.75, 3.05) is 5.32 Å².